The SMILES string of the molecule is O=C(Nc1cc(Cl)ccc1C(F)(F)F)c1ccccc1NCc1ccncc1. The summed E-state index contributed by atoms with van der Waals surface area (Å²) in [4.78, 5) is 16.6. The molecule has 4 nitrogen and oxygen atoms in total. The monoisotopic (exact) mass is 405 g/mol. The van der Waals surface area contributed by atoms with Crippen molar-refractivity contribution in [2.75, 3.05) is 10.6 Å². The van der Waals surface area contributed by atoms with Crippen LogP contribution in [0.2, 0.25) is 5.02 Å². The minimum absolute atomic E-state index is 0.0902. The highest BCUT2D eigenvalue weighted by atomic mass is 35.5. The number of hydrogen-bond acceptors (Lipinski definition) is 3. The quantitative estimate of drug-likeness (QED) is 0.579. The number of anilines is 2. The van der Waals surface area contributed by atoms with Crippen LogP contribution in [0.4, 0.5) is 24.5 Å². The Kier molecular flexibility index (Phi) is 5.84. The van der Waals surface area contributed by atoms with E-state index < -0.39 is 23.3 Å². The van der Waals surface area contributed by atoms with Crippen molar-refractivity contribution in [2.45, 2.75) is 12.7 Å². The summed E-state index contributed by atoms with van der Waals surface area (Å²) in [5.74, 6) is -0.675. The van der Waals surface area contributed by atoms with Gasteiger partial charge in [-0.3, -0.25) is 9.78 Å². The van der Waals surface area contributed by atoms with Crippen LogP contribution in [-0.2, 0) is 12.7 Å². The van der Waals surface area contributed by atoms with E-state index in [1.165, 1.54) is 6.07 Å². The summed E-state index contributed by atoms with van der Waals surface area (Å²) >= 11 is 5.81. The molecule has 0 bridgehead atoms. The molecule has 0 spiro atoms. The van der Waals surface area contributed by atoms with Crippen LogP contribution in [0.25, 0.3) is 0 Å². The first-order chi connectivity index (χ1) is 13.3. The molecular weight excluding hydrogens is 391 g/mol. The molecule has 3 rings (SSSR count). The van der Waals surface area contributed by atoms with Gasteiger partial charge in [0.15, 0.2) is 0 Å². The second-order valence-electron chi connectivity index (χ2n) is 5.90. The van der Waals surface area contributed by atoms with Crippen LogP contribution in [0.15, 0.2) is 67.0 Å². The summed E-state index contributed by atoms with van der Waals surface area (Å²) in [6, 6.07) is 13.3. The summed E-state index contributed by atoms with van der Waals surface area (Å²) in [5.41, 5.74) is 0.290. The first-order valence-electron chi connectivity index (χ1n) is 8.24. The fraction of sp³-hybridized carbons (Fsp3) is 0.100. The number of carbonyl (C=O) groups is 1. The van der Waals surface area contributed by atoms with E-state index in [1.54, 1.807) is 30.6 Å². The van der Waals surface area contributed by atoms with Gasteiger partial charge in [-0.15, -0.1) is 0 Å². The van der Waals surface area contributed by atoms with E-state index in [9.17, 15) is 18.0 Å². The molecule has 0 aliphatic heterocycles. The zero-order valence-corrected chi connectivity index (χ0v) is 15.2. The lowest BCUT2D eigenvalue weighted by atomic mass is 10.1. The largest absolute Gasteiger partial charge is 0.418 e. The molecule has 2 N–H and O–H groups in total. The standard InChI is InChI=1S/C20H15ClF3N3O/c21-14-5-6-16(20(22,23)24)18(11-14)27-19(28)15-3-1-2-4-17(15)26-12-13-7-9-25-10-8-13/h1-11,26H,12H2,(H,27,28). The average molecular weight is 406 g/mol. The number of rotatable bonds is 5. The van der Waals surface area contributed by atoms with Crippen molar-refractivity contribution in [3.63, 3.8) is 0 Å². The van der Waals surface area contributed by atoms with Gasteiger partial charge in [0.1, 0.15) is 0 Å². The van der Waals surface area contributed by atoms with Crippen LogP contribution in [0.3, 0.4) is 0 Å². The number of amides is 1. The third kappa shape index (κ3) is 4.80. The number of pyridine rings is 1. The first-order valence-corrected chi connectivity index (χ1v) is 8.62. The number of hydrogen-bond donors (Lipinski definition) is 2. The molecule has 144 valence electrons. The summed E-state index contributed by atoms with van der Waals surface area (Å²) < 4.78 is 39.6. The van der Waals surface area contributed by atoms with Gasteiger partial charge in [-0.1, -0.05) is 23.7 Å². The Balaban J connectivity index is 1.83. The Morgan fingerprint density at radius 3 is 2.43 bits per heavy atom. The van der Waals surface area contributed by atoms with Crippen molar-refractivity contribution in [2.24, 2.45) is 0 Å². The molecule has 0 fully saturated rings. The van der Waals surface area contributed by atoms with Crippen molar-refractivity contribution >= 4 is 28.9 Å². The zero-order chi connectivity index (χ0) is 20.1. The van der Waals surface area contributed by atoms with Crippen LogP contribution in [0, 0.1) is 0 Å². The second kappa shape index (κ2) is 8.31. The molecule has 0 atom stereocenters. The molecule has 0 aliphatic carbocycles. The fourth-order valence-electron chi connectivity index (χ4n) is 2.59. The molecule has 2 aromatic carbocycles. The molecule has 3 aromatic rings. The van der Waals surface area contributed by atoms with Gasteiger partial charge >= 0.3 is 6.18 Å². The van der Waals surface area contributed by atoms with Crippen molar-refractivity contribution in [1.82, 2.24) is 4.98 Å². The zero-order valence-electron chi connectivity index (χ0n) is 14.4. The molecule has 0 aliphatic rings. The Labute approximate surface area is 164 Å². The van der Waals surface area contributed by atoms with E-state index in [2.05, 4.69) is 15.6 Å². The summed E-state index contributed by atoms with van der Waals surface area (Å²) in [7, 11) is 0. The van der Waals surface area contributed by atoms with E-state index in [4.69, 9.17) is 11.6 Å². The predicted octanol–water partition coefficient (Wildman–Crippen LogP) is 5.62. The van der Waals surface area contributed by atoms with Gasteiger partial charge in [-0.05, 0) is 48.0 Å². The predicted molar refractivity (Wildman–Crippen MR) is 102 cm³/mol. The number of para-hydroxylation sites is 1. The van der Waals surface area contributed by atoms with E-state index in [-0.39, 0.29) is 10.6 Å². The van der Waals surface area contributed by atoms with E-state index in [1.807, 2.05) is 12.1 Å². The maximum Gasteiger partial charge on any atom is 0.418 e. The molecule has 1 amide bonds. The maximum atomic E-state index is 13.2. The lowest BCUT2D eigenvalue weighted by Gasteiger charge is -2.16. The van der Waals surface area contributed by atoms with Gasteiger partial charge in [0.2, 0.25) is 0 Å². The van der Waals surface area contributed by atoms with Gasteiger partial charge in [0.25, 0.3) is 5.91 Å². The lowest BCUT2D eigenvalue weighted by molar-refractivity contribution is -0.136. The molecule has 0 saturated carbocycles. The second-order valence-corrected chi connectivity index (χ2v) is 6.33. The Morgan fingerprint density at radius 1 is 1.00 bits per heavy atom. The van der Waals surface area contributed by atoms with Gasteiger partial charge in [-0.2, -0.15) is 13.2 Å². The number of alkyl halides is 3. The number of halogens is 4. The molecule has 0 radical (unpaired) electrons. The maximum absolute atomic E-state index is 13.2. The van der Waals surface area contributed by atoms with Crippen LogP contribution in [0.5, 0.6) is 0 Å². The highest BCUT2D eigenvalue weighted by Crippen LogP contribution is 2.36. The van der Waals surface area contributed by atoms with Crippen LogP contribution < -0.4 is 10.6 Å². The minimum Gasteiger partial charge on any atom is -0.380 e. The number of benzene rings is 2. The van der Waals surface area contributed by atoms with Crippen molar-refractivity contribution in [1.29, 1.82) is 0 Å². The molecular formula is C20H15ClF3N3O. The average Bonchev–Trinajstić information content (AvgIpc) is 2.66. The normalized spacial score (nSPS) is 11.1. The number of aromatic nitrogens is 1. The smallest absolute Gasteiger partial charge is 0.380 e. The number of nitrogens with zero attached hydrogens (tertiary/aromatic N) is 1. The highest BCUT2D eigenvalue weighted by Gasteiger charge is 2.34. The van der Waals surface area contributed by atoms with Crippen LogP contribution in [0.1, 0.15) is 21.5 Å². The summed E-state index contributed by atoms with van der Waals surface area (Å²) in [6.07, 6.45) is -1.33. The third-order valence-electron chi connectivity index (χ3n) is 3.94. The van der Waals surface area contributed by atoms with Crippen LogP contribution in [-0.4, -0.2) is 10.9 Å². The van der Waals surface area contributed by atoms with E-state index >= 15 is 0 Å². The van der Waals surface area contributed by atoms with Crippen LogP contribution >= 0.6 is 11.6 Å². The topological polar surface area (TPSA) is 54.0 Å². The minimum atomic E-state index is -4.62. The van der Waals surface area contributed by atoms with E-state index in [0.29, 0.717) is 12.2 Å². The fourth-order valence-corrected chi connectivity index (χ4v) is 2.76. The molecule has 0 unspecified atom stereocenters. The van der Waals surface area contributed by atoms with Gasteiger partial charge in [0.05, 0.1) is 16.8 Å². The van der Waals surface area contributed by atoms with Gasteiger partial charge < -0.3 is 10.6 Å². The van der Waals surface area contributed by atoms with Crippen molar-refractivity contribution in [3.8, 4) is 0 Å². The Hall–Kier alpha value is -3.06. The Morgan fingerprint density at radius 2 is 1.71 bits per heavy atom. The molecule has 1 aromatic heterocycles. The van der Waals surface area contributed by atoms with Gasteiger partial charge in [-0.25, -0.2) is 0 Å². The summed E-state index contributed by atoms with van der Waals surface area (Å²) in [5, 5.41) is 5.53. The third-order valence-corrected chi connectivity index (χ3v) is 4.17. The molecule has 28 heavy (non-hydrogen) atoms. The molecule has 0 saturated heterocycles. The first kappa shape index (κ1) is 19.7. The van der Waals surface area contributed by atoms with Crippen molar-refractivity contribution in [3.05, 3.63) is 88.7 Å². The Bertz CT molecular complexity index is 978. The van der Waals surface area contributed by atoms with Gasteiger partial charge in [0, 0.05) is 29.6 Å². The lowest BCUT2D eigenvalue weighted by Crippen LogP contribution is -2.18. The highest BCUT2D eigenvalue weighted by molar-refractivity contribution is 6.31. The number of carbonyl (C=O) groups excluding carboxylic acids is 1. The molecule has 1 heterocycles. The summed E-state index contributed by atoms with van der Waals surface area (Å²) in [6.45, 7) is 0.428. The molecule has 8 heteroatoms. The number of nitrogens with one attached hydrogen (secondary N) is 2. The van der Waals surface area contributed by atoms with E-state index in [0.717, 1.165) is 23.8 Å². The van der Waals surface area contributed by atoms with Crippen molar-refractivity contribution < 1.29 is 18.0 Å².